The van der Waals surface area contributed by atoms with Crippen LogP contribution >= 0.6 is 39.1 Å². The van der Waals surface area contributed by atoms with E-state index in [1.165, 1.54) is 0 Å². The Morgan fingerprint density at radius 1 is 1.10 bits per heavy atom. The Hall–Kier alpha value is -1.03. The molecule has 1 N–H and O–H groups in total. The van der Waals surface area contributed by atoms with Crippen molar-refractivity contribution in [1.29, 1.82) is 0 Å². The van der Waals surface area contributed by atoms with Gasteiger partial charge in [-0.1, -0.05) is 41.4 Å². The van der Waals surface area contributed by atoms with E-state index in [1.54, 1.807) is 18.2 Å². The number of hydrogen-bond donors (Lipinski definition) is 1. The molecular weight excluding hydrogens is 361 g/mol. The van der Waals surface area contributed by atoms with Crippen molar-refractivity contribution in [2.24, 2.45) is 0 Å². The van der Waals surface area contributed by atoms with Gasteiger partial charge in [0, 0.05) is 16.0 Å². The highest BCUT2D eigenvalue weighted by Crippen LogP contribution is 2.25. The van der Waals surface area contributed by atoms with Crippen LogP contribution in [-0.2, 0) is 6.42 Å². The fourth-order valence-corrected chi connectivity index (χ4v) is 2.45. The molecule has 0 bridgehead atoms. The zero-order valence-corrected chi connectivity index (χ0v) is 13.6. The molecule has 2 rings (SSSR count). The van der Waals surface area contributed by atoms with E-state index in [0.29, 0.717) is 26.6 Å². The summed E-state index contributed by atoms with van der Waals surface area (Å²) in [5, 5.41) is 3.99. The van der Waals surface area contributed by atoms with Crippen molar-refractivity contribution in [2.75, 3.05) is 6.54 Å². The minimum absolute atomic E-state index is 0.176. The molecule has 0 aromatic heterocycles. The molecule has 2 aromatic carbocycles. The third-order valence-electron chi connectivity index (χ3n) is 2.81. The summed E-state index contributed by atoms with van der Waals surface area (Å²) >= 11 is 15.2. The molecule has 20 heavy (non-hydrogen) atoms. The van der Waals surface area contributed by atoms with Crippen LogP contribution in [0.15, 0.2) is 46.9 Å². The van der Waals surface area contributed by atoms with Gasteiger partial charge in [-0.3, -0.25) is 4.79 Å². The van der Waals surface area contributed by atoms with Gasteiger partial charge in [0.1, 0.15) is 0 Å². The number of hydrogen-bond acceptors (Lipinski definition) is 1. The average Bonchev–Trinajstić information content (AvgIpc) is 2.44. The summed E-state index contributed by atoms with van der Waals surface area (Å²) < 4.78 is 0.713. The van der Waals surface area contributed by atoms with Crippen molar-refractivity contribution >= 4 is 45.0 Å². The molecule has 104 valence electrons. The molecule has 0 radical (unpaired) electrons. The smallest absolute Gasteiger partial charge is 0.252 e. The summed E-state index contributed by atoms with van der Waals surface area (Å²) in [6, 6.07) is 12.8. The SMILES string of the molecule is O=C(NCCc1ccc(Cl)cc1)c1cccc(Br)c1Cl. The number of rotatable bonds is 4. The molecule has 5 heteroatoms. The Bertz CT molecular complexity index is 614. The van der Waals surface area contributed by atoms with Crippen molar-refractivity contribution in [3.05, 3.63) is 68.1 Å². The molecule has 0 saturated carbocycles. The highest BCUT2D eigenvalue weighted by atomic mass is 79.9. The predicted molar refractivity (Wildman–Crippen MR) is 86.6 cm³/mol. The van der Waals surface area contributed by atoms with Crippen LogP contribution in [0.2, 0.25) is 10.0 Å². The van der Waals surface area contributed by atoms with E-state index in [1.807, 2.05) is 24.3 Å². The lowest BCUT2D eigenvalue weighted by Crippen LogP contribution is -2.26. The van der Waals surface area contributed by atoms with Crippen LogP contribution in [-0.4, -0.2) is 12.5 Å². The maximum atomic E-state index is 12.0. The minimum Gasteiger partial charge on any atom is -0.352 e. The Labute approximate surface area is 136 Å². The first-order valence-electron chi connectivity index (χ1n) is 6.04. The molecule has 0 atom stereocenters. The summed E-state index contributed by atoms with van der Waals surface area (Å²) in [4.78, 5) is 12.0. The zero-order valence-electron chi connectivity index (χ0n) is 10.5. The van der Waals surface area contributed by atoms with Gasteiger partial charge in [-0.05, 0) is 52.2 Å². The first-order valence-corrected chi connectivity index (χ1v) is 7.59. The number of carbonyl (C=O) groups excluding carboxylic acids is 1. The van der Waals surface area contributed by atoms with Gasteiger partial charge >= 0.3 is 0 Å². The maximum absolute atomic E-state index is 12.0. The largest absolute Gasteiger partial charge is 0.352 e. The molecule has 2 nitrogen and oxygen atoms in total. The average molecular weight is 373 g/mol. The van der Waals surface area contributed by atoms with Gasteiger partial charge in [-0.2, -0.15) is 0 Å². The van der Waals surface area contributed by atoms with Crippen LogP contribution < -0.4 is 5.32 Å². The summed E-state index contributed by atoms with van der Waals surface area (Å²) in [6.45, 7) is 0.545. The van der Waals surface area contributed by atoms with E-state index in [2.05, 4.69) is 21.2 Å². The summed E-state index contributed by atoms with van der Waals surface area (Å²) in [7, 11) is 0. The van der Waals surface area contributed by atoms with Gasteiger partial charge < -0.3 is 5.32 Å². The highest BCUT2D eigenvalue weighted by Gasteiger charge is 2.11. The second kappa shape index (κ2) is 7.11. The van der Waals surface area contributed by atoms with E-state index in [-0.39, 0.29) is 5.91 Å². The lowest BCUT2D eigenvalue weighted by Gasteiger charge is -2.08. The fourth-order valence-electron chi connectivity index (χ4n) is 1.75. The number of halogens is 3. The van der Waals surface area contributed by atoms with Crippen molar-refractivity contribution in [3.63, 3.8) is 0 Å². The molecule has 0 unspecified atom stereocenters. The molecular formula is C15H12BrCl2NO. The zero-order chi connectivity index (χ0) is 14.5. The van der Waals surface area contributed by atoms with E-state index >= 15 is 0 Å². The lowest BCUT2D eigenvalue weighted by atomic mass is 10.1. The second-order valence-electron chi connectivity index (χ2n) is 4.23. The van der Waals surface area contributed by atoms with E-state index in [9.17, 15) is 4.79 Å². The number of carbonyl (C=O) groups is 1. The summed E-state index contributed by atoms with van der Waals surface area (Å²) in [5.41, 5.74) is 1.59. The molecule has 2 aromatic rings. The minimum atomic E-state index is -0.176. The first-order chi connectivity index (χ1) is 9.58. The third-order valence-corrected chi connectivity index (χ3v) is 4.36. The van der Waals surface area contributed by atoms with E-state index < -0.39 is 0 Å². The molecule has 1 amide bonds. The van der Waals surface area contributed by atoms with Crippen LogP contribution in [0.4, 0.5) is 0 Å². The van der Waals surface area contributed by atoms with E-state index in [4.69, 9.17) is 23.2 Å². The Balaban J connectivity index is 1.92. The topological polar surface area (TPSA) is 29.1 Å². The summed E-state index contributed by atoms with van der Waals surface area (Å²) in [6.07, 6.45) is 0.745. The number of nitrogens with one attached hydrogen (secondary N) is 1. The molecule has 0 heterocycles. The van der Waals surface area contributed by atoms with Gasteiger partial charge in [0.2, 0.25) is 0 Å². The van der Waals surface area contributed by atoms with Crippen LogP contribution in [0.25, 0.3) is 0 Å². The Kier molecular flexibility index (Phi) is 5.46. The standard InChI is InChI=1S/C15H12BrCl2NO/c16-13-3-1-2-12(14(13)18)15(20)19-9-8-10-4-6-11(17)7-5-10/h1-7H,8-9H2,(H,19,20). The van der Waals surface area contributed by atoms with Gasteiger partial charge in [-0.15, -0.1) is 0 Å². The van der Waals surface area contributed by atoms with Crippen LogP contribution in [0.3, 0.4) is 0 Å². The van der Waals surface area contributed by atoms with Crippen LogP contribution in [0.5, 0.6) is 0 Å². The Morgan fingerprint density at radius 2 is 1.80 bits per heavy atom. The third kappa shape index (κ3) is 3.98. The molecule has 0 saturated heterocycles. The quantitative estimate of drug-likeness (QED) is 0.825. The second-order valence-corrected chi connectivity index (χ2v) is 5.90. The maximum Gasteiger partial charge on any atom is 0.252 e. The van der Waals surface area contributed by atoms with Crippen molar-refractivity contribution in [2.45, 2.75) is 6.42 Å². The fraction of sp³-hybridized carbons (Fsp3) is 0.133. The lowest BCUT2D eigenvalue weighted by molar-refractivity contribution is 0.0954. The van der Waals surface area contributed by atoms with Crippen molar-refractivity contribution < 1.29 is 4.79 Å². The number of benzene rings is 2. The van der Waals surface area contributed by atoms with Crippen molar-refractivity contribution in [3.8, 4) is 0 Å². The van der Waals surface area contributed by atoms with Gasteiger partial charge in [0.05, 0.1) is 10.6 Å². The summed E-state index contributed by atoms with van der Waals surface area (Å²) in [5.74, 6) is -0.176. The van der Waals surface area contributed by atoms with Crippen LogP contribution in [0.1, 0.15) is 15.9 Å². The predicted octanol–water partition coefficient (Wildman–Crippen LogP) is 4.73. The number of amides is 1. The first kappa shape index (κ1) is 15.4. The van der Waals surface area contributed by atoms with Gasteiger partial charge in [-0.25, -0.2) is 0 Å². The van der Waals surface area contributed by atoms with Crippen molar-refractivity contribution in [1.82, 2.24) is 5.32 Å². The van der Waals surface area contributed by atoms with E-state index in [0.717, 1.165) is 12.0 Å². The Morgan fingerprint density at radius 3 is 2.50 bits per heavy atom. The highest BCUT2D eigenvalue weighted by molar-refractivity contribution is 9.10. The van der Waals surface area contributed by atoms with Gasteiger partial charge in [0.25, 0.3) is 5.91 Å². The van der Waals surface area contributed by atoms with Crippen LogP contribution in [0, 0.1) is 0 Å². The monoisotopic (exact) mass is 371 g/mol. The molecule has 0 aliphatic carbocycles. The molecule has 0 aliphatic heterocycles. The molecule has 0 aliphatic rings. The molecule has 0 fully saturated rings. The molecule has 0 spiro atoms. The normalized spacial score (nSPS) is 10.3. The van der Waals surface area contributed by atoms with Gasteiger partial charge in [0.15, 0.2) is 0 Å².